The van der Waals surface area contributed by atoms with Crippen molar-refractivity contribution in [1.82, 2.24) is 0 Å². The fourth-order valence-corrected chi connectivity index (χ4v) is 1.71. The number of aryl methyl sites for hydroxylation is 1. The second kappa shape index (κ2) is 8.66. The molecule has 0 saturated carbocycles. The van der Waals surface area contributed by atoms with Crippen LogP contribution in [0.1, 0.15) is 24.5 Å². The number of methoxy groups -OCH3 is 1. The Hall–Kier alpha value is -2.40. The first-order valence-electron chi connectivity index (χ1n) is 6.58. The van der Waals surface area contributed by atoms with Crippen LogP contribution in [0.25, 0.3) is 0 Å². The van der Waals surface area contributed by atoms with Crippen molar-refractivity contribution in [3.05, 3.63) is 59.7 Å². The molecular formula is C18H20O2. The summed E-state index contributed by atoms with van der Waals surface area (Å²) in [5.41, 5.74) is 2.06. The highest BCUT2D eigenvalue weighted by molar-refractivity contribution is 5.38. The van der Waals surface area contributed by atoms with Crippen molar-refractivity contribution in [2.75, 3.05) is 7.11 Å². The molecule has 104 valence electrons. The largest absolute Gasteiger partial charge is 0.508 e. The first-order chi connectivity index (χ1) is 9.69. The summed E-state index contributed by atoms with van der Waals surface area (Å²) in [6.07, 6.45) is 7.35. The van der Waals surface area contributed by atoms with Crippen molar-refractivity contribution >= 4 is 0 Å². The molecule has 0 aliphatic rings. The minimum atomic E-state index is 0.367. The maximum absolute atomic E-state index is 9.04. The van der Waals surface area contributed by atoms with Gasteiger partial charge in [-0.1, -0.05) is 37.5 Å². The standard InChI is InChI=1S/C9H8O.C9H12O/c1-3-8-5-4-6-9(7-8)10-2;1-2-4-8-5-3-6-9(10)7-8/h1,4-7H,2H3;3,5-7,10H,2,4H2,1H3. The topological polar surface area (TPSA) is 29.5 Å². The Morgan fingerprint density at radius 3 is 2.50 bits per heavy atom. The number of hydrogen-bond donors (Lipinski definition) is 1. The normalized spacial score (nSPS) is 9.05. The average Bonchev–Trinajstić information content (AvgIpc) is 2.48. The minimum absolute atomic E-state index is 0.367. The van der Waals surface area contributed by atoms with Gasteiger partial charge < -0.3 is 9.84 Å². The monoisotopic (exact) mass is 268 g/mol. The molecule has 0 aliphatic carbocycles. The Morgan fingerprint density at radius 1 is 1.15 bits per heavy atom. The molecule has 1 N–H and O–H groups in total. The zero-order chi connectivity index (χ0) is 14.8. The third-order valence-electron chi connectivity index (χ3n) is 2.69. The summed E-state index contributed by atoms with van der Waals surface area (Å²) >= 11 is 0. The van der Waals surface area contributed by atoms with Crippen molar-refractivity contribution in [3.8, 4) is 23.8 Å². The van der Waals surface area contributed by atoms with Crippen molar-refractivity contribution in [2.45, 2.75) is 19.8 Å². The molecule has 2 aromatic carbocycles. The third kappa shape index (κ3) is 5.49. The number of ether oxygens (including phenoxy) is 1. The molecular weight excluding hydrogens is 248 g/mol. The Morgan fingerprint density at radius 2 is 1.90 bits per heavy atom. The van der Waals surface area contributed by atoms with Crippen LogP contribution in [-0.4, -0.2) is 12.2 Å². The van der Waals surface area contributed by atoms with Gasteiger partial charge in [-0.2, -0.15) is 0 Å². The summed E-state index contributed by atoms with van der Waals surface area (Å²) in [5, 5.41) is 9.04. The number of aromatic hydroxyl groups is 1. The van der Waals surface area contributed by atoms with Crippen molar-refractivity contribution in [1.29, 1.82) is 0 Å². The SMILES string of the molecule is C#Cc1cccc(OC)c1.CCCc1cccc(O)c1. The van der Waals surface area contributed by atoms with Gasteiger partial charge in [-0.25, -0.2) is 0 Å². The number of terminal acetylenes is 1. The third-order valence-corrected chi connectivity index (χ3v) is 2.69. The second-order valence-electron chi connectivity index (χ2n) is 4.30. The first-order valence-corrected chi connectivity index (χ1v) is 6.58. The van der Waals surface area contributed by atoms with Crippen LogP contribution in [0, 0.1) is 12.3 Å². The number of hydrogen-bond acceptors (Lipinski definition) is 2. The van der Waals surface area contributed by atoms with E-state index in [1.165, 1.54) is 5.56 Å². The summed E-state index contributed by atoms with van der Waals surface area (Å²) < 4.78 is 4.96. The smallest absolute Gasteiger partial charge is 0.120 e. The lowest BCUT2D eigenvalue weighted by Gasteiger charge is -1.97. The molecule has 2 nitrogen and oxygen atoms in total. The van der Waals surface area contributed by atoms with Gasteiger partial charge in [0.05, 0.1) is 7.11 Å². The quantitative estimate of drug-likeness (QED) is 0.852. The lowest BCUT2D eigenvalue weighted by atomic mass is 10.1. The van der Waals surface area contributed by atoms with Gasteiger partial charge in [0.1, 0.15) is 11.5 Å². The minimum Gasteiger partial charge on any atom is -0.508 e. The van der Waals surface area contributed by atoms with Gasteiger partial charge in [-0.15, -0.1) is 6.42 Å². The maximum Gasteiger partial charge on any atom is 0.120 e. The van der Waals surface area contributed by atoms with Crippen LogP contribution in [0.15, 0.2) is 48.5 Å². The highest BCUT2D eigenvalue weighted by Gasteiger charge is 1.91. The predicted molar refractivity (Wildman–Crippen MR) is 83.0 cm³/mol. The van der Waals surface area contributed by atoms with Crippen LogP contribution >= 0.6 is 0 Å². The summed E-state index contributed by atoms with van der Waals surface area (Å²) in [6, 6.07) is 14.8. The Bertz CT molecular complexity index is 568. The first kappa shape index (κ1) is 15.7. The van der Waals surface area contributed by atoms with Crippen LogP contribution < -0.4 is 4.74 Å². The van der Waals surface area contributed by atoms with E-state index in [9.17, 15) is 0 Å². The summed E-state index contributed by atoms with van der Waals surface area (Å²) in [7, 11) is 1.62. The molecule has 0 fully saturated rings. The molecule has 2 heteroatoms. The van der Waals surface area contributed by atoms with Crippen LogP contribution in [0.2, 0.25) is 0 Å². The van der Waals surface area contributed by atoms with E-state index in [1.807, 2.05) is 42.5 Å². The molecule has 0 heterocycles. The van der Waals surface area contributed by atoms with Gasteiger partial charge in [-0.3, -0.25) is 0 Å². The maximum atomic E-state index is 9.04. The molecule has 0 radical (unpaired) electrons. The Balaban J connectivity index is 0.000000200. The molecule has 2 aromatic rings. The number of benzene rings is 2. The van der Waals surface area contributed by atoms with Gasteiger partial charge in [0.2, 0.25) is 0 Å². The van der Waals surface area contributed by atoms with E-state index < -0.39 is 0 Å². The fraction of sp³-hybridized carbons (Fsp3) is 0.222. The van der Waals surface area contributed by atoms with E-state index in [4.69, 9.17) is 16.3 Å². The molecule has 0 amide bonds. The highest BCUT2D eigenvalue weighted by Crippen LogP contribution is 2.12. The zero-order valence-corrected chi connectivity index (χ0v) is 12.0. The Kier molecular flexibility index (Phi) is 6.78. The molecule has 0 aliphatic heterocycles. The van der Waals surface area contributed by atoms with E-state index >= 15 is 0 Å². The lowest BCUT2D eigenvalue weighted by molar-refractivity contribution is 0.414. The Labute approximate surface area is 121 Å². The lowest BCUT2D eigenvalue weighted by Crippen LogP contribution is -1.82. The summed E-state index contributed by atoms with van der Waals surface area (Å²) in [4.78, 5) is 0. The van der Waals surface area contributed by atoms with Crippen molar-refractivity contribution < 1.29 is 9.84 Å². The van der Waals surface area contributed by atoms with Crippen LogP contribution in [-0.2, 0) is 6.42 Å². The predicted octanol–water partition coefficient (Wildman–Crippen LogP) is 4.02. The summed E-state index contributed by atoms with van der Waals surface area (Å²) in [6.45, 7) is 2.13. The molecule has 0 aromatic heterocycles. The van der Waals surface area contributed by atoms with Crippen molar-refractivity contribution in [2.24, 2.45) is 0 Å². The van der Waals surface area contributed by atoms with E-state index in [-0.39, 0.29) is 0 Å². The van der Waals surface area contributed by atoms with Crippen LogP contribution in [0.4, 0.5) is 0 Å². The zero-order valence-electron chi connectivity index (χ0n) is 12.0. The molecule has 2 rings (SSSR count). The summed E-state index contributed by atoms with van der Waals surface area (Å²) in [5.74, 6) is 3.69. The number of phenols is 1. The van der Waals surface area contributed by atoms with E-state index in [0.717, 1.165) is 24.2 Å². The van der Waals surface area contributed by atoms with E-state index in [2.05, 4.69) is 12.8 Å². The van der Waals surface area contributed by atoms with Gasteiger partial charge in [0.25, 0.3) is 0 Å². The molecule has 0 bridgehead atoms. The van der Waals surface area contributed by atoms with Gasteiger partial charge in [0.15, 0.2) is 0 Å². The van der Waals surface area contributed by atoms with Gasteiger partial charge >= 0.3 is 0 Å². The van der Waals surface area contributed by atoms with Gasteiger partial charge in [0, 0.05) is 5.56 Å². The second-order valence-corrected chi connectivity index (χ2v) is 4.30. The highest BCUT2D eigenvalue weighted by atomic mass is 16.5. The van der Waals surface area contributed by atoms with Gasteiger partial charge in [-0.05, 0) is 42.3 Å². The van der Waals surface area contributed by atoms with Crippen molar-refractivity contribution in [3.63, 3.8) is 0 Å². The molecule has 0 saturated heterocycles. The average molecular weight is 268 g/mol. The van der Waals surface area contributed by atoms with E-state index in [0.29, 0.717) is 5.75 Å². The molecule has 0 atom stereocenters. The van der Waals surface area contributed by atoms with E-state index in [1.54, 1.807) is 13.2 Å². The van der Waals surface area contributed by atoms with Crippen LogP contribution in [0.5, 0.6) is 11.5 Å². The number of phenolic OH excluding ortho intramolecular Hbond substituents is 1. The van der Waals surface area contributed by atoms with Crippen LogP contribution in [0.3, 0.4) is 0 Å². The molecule has 20 heavy (non-hydrogen) atoms. The molecule has 0 spiro atoms. The fourth-order valence-electron chi connectivity index (χ4n) is 1.71. The number of rotatable bonds is 3. The molecule has 0 unspecified atom stereocenters.